The average Bonchev–Trinajstić information content (AvgIpc) is 2.73. The third-order valence-electron chi connectivity index (χ3n) is 3.63. The number of hydrogen-bond donors (Lipinski definition) is 0. The molecule has 2 aliphatic rings. The molecule has 66 valence electrons. The van der Waals surface area contributed by atoms with Crippen LogP contribution in [0.3, 0.4) is 0 Å². The van der Waals surface area contributed by atoms with Gasteiger partial charge < -0.3 is 0 Å². The molecule has 0 unspecified atom stereocenters. The minimum Gasteiger partial charge on any atom is -0.0872 e. The fourth-order valence-electron chi connectivity index (χ4n) is 3.13. The van der Waals surface area contributed by atoms with E-state index in [0.717, 1.165) is 11.8 Å². The molecule has 0 spiro atoms. The molecule has 1 saturated carbocycles. The van der Waals surface area contributed by atoms with Gasteiger partial charge in [-0.05, 0) is 30.9 Å². The maximum absolute atomic E-state index is 2.34. The van der Waals surface area contributed by atoms with Crippen molar-refractivity contribution in [2.45, 2.75) is 31.6 Å². The van der Waals surface area contributed by atoms with E-state index in [1.807, 2.05) is 0 Å². The van der Waals surface area contributed by atoms with Crippen LogP contribution in [0.1, 0.15) is 42.7 Å². The van der Waals surface area contributed by atoms with E-state index in [4.69, 9.17) is 0 Å². The van der Waals surface area contributed by atoms with Gasteiger partial charge in [0.1, 0.15) is 0 Å². The van der Waals surface area contributed by atoms with E-state index < -0.39 is 0 Å². The monoisotopic (exact) mass is 170 g/mol. The minimum atomic E-state index is 0.770. The zero-order chi connectivity index (χ0) is 8.84. The summed E-state index contributed by atoms with van der Waals surface area (Å²) in [5, 5.41) is 0. The van der Waals surface area contributed by atoms with Crippen LogP contribution >= 0.6 is 0 Å². The normalized spacial score (nSPS) is 29.2. The van der Waals surface area contributed by atoms with Crippen LogP contribution in [-0.2, 0) is 0 Å². The van der Waals surface area contributed by atoms with Gasteiger partial charge in [0.2, 0.25) is 0 Å². The maximum Gasteiger partial charge on any atom is 0.00574 e. The molecule has 0 nitrogen and oxygen atoms in total. The standard InChI is InChI=1S/C13H14/c1-2-9-12-7-8-13(9)11-6-4-3-5-10(11)12/h2-6,12-13H,7-8H2,1H3/t12-,13-/m1/s1. The van der Waals surface area contributed by atoms with Crippen molar-refractivity contribution in [3.63, 3.8) is 0 Å². The SMILES string of the molecule is CC=C1[C@H]2CC[C@H]1c1ccccc12. The van der Waals surface area contributed by atoms with Crippen molar-refractivity contribution in [3.05, 3.63) is 47.0 Å². The zero-order valence-electron chi connectivity index (χ0n) is 7.96. The third kappa shape index (κ3) is 0.810. The Kier molecular flexibility index (Phi) is 1.40. The van der Waals surface area contributed by atoms with Crippen LogP contribution in [0.25, 0.3) is 0 Å². The highest BCUT2D eigenvalue weighted by Crippen LogP contribution is 2.56. The van der Waals surface area contributed by atoms with E-state index in [-0.39, 0.29) is 0 Å². The van der Waals surface area contributed by atoms with Gasteiger partial charge in [0.25, 0.3) is 0 Å². The molecule has 2 bridgehead atoms. The van der Waals surface area contributed by atoms with Crippen LogP contribution in [0.2, 0.25) is 0 Å². The summed E-state index contributed by atoms with van der Waals surface area (Å²) in [6, 6.07) is 8.96. The highest BCUT2D eigenvalue weighted by Gasteiger charge is 2.40. The lowest BCUT2D eigenvalue weighted by atomic mass is 9.92. The Labute approximate surface area is 79.3 Å². The van der Waals surface area contributed by atoms with E-state index in [1.165, 1.54) is 12.8 Å². The Balaban J connectivity index is 2.23. The topological polar surface area (TPSA) is 0 Å². The van der Waals surface area contributed by atoms with Crippen LogP contribution in [0.5, 0.6) is 0 Å². The van der Waals surface area contributed by atoms with Crippen molar-refractivity contribution in [3.8, 4) is 0 Å². The molecule has 0 heteroatoms. The van der Waals surface area contributed by atoms with Crippen molar-refractivity contribution >= 4 is 0 Å². The lowest BCUT2D eigenvalue weighted by Gasteiger charge is -2.12. The first kappa shape index (κ1) is 7.37. The first-order valence-corrected chi connectivity index (χ1v) is 5.16. The Morgan fingerprint density at radius 2 is 1.62 bits per heavy atom. The summed E-state index contributed by atoms with van der Waals surface area (Å²) >= 11 is 0. The summed E-state index contributed by atoms with van der Waals surface area (Å²) in [4.78, 5) is 0. The second-order valence-corrected chi connectivity index (χ2v) is 4.10. The van der Waals surface area contributed by atoms with E-state index in [2.05, 4.69) is 37.3 Å². The van der Waals surface area contributed by atoms with Crippen molar-refractivity contribution < 1.29 is 0 Å². The van der Waals surface area contributed by atoms with Gasteiger partial charge >= 0.3 is 0 Å². The molecule has 1 aromatic carbocycles. The summed E-state index contributed by atoms with van der Waals surface area (Å²) in [6.45, 7) is 2.19. The van der Waals surface area contributed by atoms with E-state index in [1.54, 1.807) is 16.7 Å². The van der Waals surface area contributed by atoms with Gasteiger partial charge in [0.15, 0.2) is 0 Å². The van der Waals surface area contributed by atoms with Crippen molar-refractivity contribution in [2.24, 2.45) is 0 Å². The smallest absolute Gasteiger partial charge is 0.00574 e. The molecule has 0 amide bonds. The maximum atomic E-state index is 2.34. The number of fused-ring (bicyclic) bond motifs is 5. The largest absolute Gasteiger partial charge is 0.0872 e. The highest BCUT2D eigenvalue weighted by atomic mass is 14.4. The molecule has 13 heavy (non-hydrogen) atoms. The van der Waals surface area contributed by atoms with Crippen LogP contribution in [0, 0.1) is 0 Å². The molecule has 0 heterocycles. The second-order valence-electron chi connectivity index (χ2n) is 4.10. The molecule has 2 atom stereocenters. The Hall–Kier alpha value is -1.04. The summed E-state index contributed by atoms with van der Waals surface area (Å²) in [5.41, 5.74) is 4.89. The predicted octanol–water partition coefficient (Wildman–Crippen LogP) is 3.61. The van der Waals surface area contributed by atoms with Crippen LogP contribution in [-0.4, -0.2) is 0 Å². The molecule has 0 aliphatic heterocycles. The van der Waals surface area contributed by atoms with E-state index in [9.17, 15) is 0 Å². The summed E-state index contributed by atoms with van der Waals surface area (Å²) in [7, 11) is 0. The summed E-state index contributed by atoms with van der Waals surface area (Å²) in [6.07, 6.45) is 5.09. The van der Waals surface area contributed by atoms with E-state index in [0.29, 0.717) is 0 Å². The van der Waals surface area contributed by atoms with Gasteiger partial charge in [-0.1, -0.05) is 35.9 Å². The Morgan fingerprint density at radius 3 is 2.08 bits per heavy atom. The molecule has 0 radical (unpaired) electrons. The molecule has 0 saturated heterocycles. The van der Waals surface area contributed by atoms with Gasteiger partial charge in [0, 0.05) is 11.8 Å². The number of hydrogen-bond acceptors (Lipinski definition) is 0. The fourth-order valence-corrected chi connectivity index (χ4v) is 3.13. The first-order chi connectivity index (χ1) is 6.42. The second kappa shape index (κ2) is 2.47. The highest BCUT2D eigenvalue weighted by molar-refractivity contribution is 5.52. The summed E-state index contributed by atoms with van der Waals surface area (Å²) < 4.78 is 0. The number of allylic oxidation sites excluding steroid dienone is 2. The molecule has 0 aromatic heterocycles. The third-order valence-corrected chi connectivity index (χ3v) is 3.63. The van der Waals surface area contributed by atoms with Gasteiger partial charge in [-0.25, -0.2) is 0 Å². The fraction of sp³-hybridized carbons (Fsp3) is 0.385. The number of rotatable bonds is 0. The van der Waals surface area contributed by atoms with E-state index >= 15 is 0 Å². The van der Waals surface area contributed by atoms with Gasteiger partial charge in [-0.2, -0.15) is 0 Å². The zero-order valence-corrected chi connectivity index (χ0v) is 7.96. The molecule has 3 rings (SSSR count). The minimum absolute atomic E-state index is 0.770. The lowest BCUT2D eigenvalue weighted by Crippen LogP contribution is -1.95. The average molecular weight is 170 g/mol. The molecule has 2 aliphatic carbocycles. The molecule has 1 fully saturated rings. The molecule has 0 N–H and O–H groups in total. The Bertz CT molecular complexity index is 340. The van der Waals surface area contributed by atoms with Gasteiger partial charge in [-0.3, -0.25) is 0 Å². The van der Waals surface area contributed by atoms with Crippen molar-refractivity contribution in [2.75, 3.05) is 0 Å². The van der Waals surface area contributed by atoms with Gasteiger partial charge in [0.05, 0.1) is 0 Å². The van der Waals surface area contributed by atoms with Crippen molar-refractivity contribution in [1.29, 1.82) is 0 Å². The van der Waals surface area contributed by atoms with Crippen molar-refractivity contribution in [1.82, 2.24) is 0 Å². The first-order valence-electron chi connectivity index (χ1n) is 5.16. The quantitative estimate of drug-likeness (QED) is 0.522. The van der Waals surface area contributed by atoms with Crippen LogP contribution < -0.4 is 0 Å². The van der Waals surface area contributed by atoms with Crippen LogP contribution in [0.15, 0.2) is 35.9 Å². The lowest BCUT2D eigenvalue weighted by molar-refractivity contribution is 0.717. The molecular formula is C13H14. The summed E-state index contributed by atoms with van der Waals surface area (Å²) in [5.74, 6) is 1.54. The number of benzene rings is 1. The van der Waals surface area contributed by atoms with Gasteiger partial charge in [-0.15, -0.1) is 0 Å². The predicted molar refractivity (Wildman–Crippen MR) is 54.9 cm³/mol. The Morgan fingerprint density at radius 1 is 1.08 bits per heavy atom. The molecular weight excluding hydrogens is 156 g/mol. The van der Waals surface area contributed by atoms with Crippen LogP contribution in [0.4, 0.5) is 0 Å². The molecule has 1 aromatic rings.